The number of aromatic nitrogens is 1. The van der Waals surface area contributed by atoms with Crippen molar-refractivity contribution in [1.82, 2.24) is 15.2 Å². The third-order valence-corrected chi connectivity index (χ3v) is 7.50. The minimum absolute atomic E-state index is 0.0320. The highest BCUT2D eigenvalue weighted by atomic mass is 35.5. The van der Waals surface area contributed by atoms with E-state index in [2.05, 4.69) is 24.1 Å². The van der Waals surface area contributed by atoms with Crippen molar-refractivity contribution in [3.05, 3.63) is 93.8 Å². The number of carbonyl (C=O) groups is 2. The van der Waals surface area contributed by atoms with Gasteiger partial charge >= 0.3 is 0 Å². The van der Waals surface area contributed by atoms with E-state index in [4.69, 9.17) is 11.6 Å². The molecule has 3 aromatic rings. The van der Waals surface area contributed by atoms with E-state index in [-0.39, 0.29) is 29.0 Å². The van der Waals surface area contributed by atoms with E-state index >= 15 is 0 Å². The van der Waals surface area contributed by atoms with Gasteiger partial charge < -0.3 is 10.2 Å². The summed E-state index contributed by atoms with van der Waals surface area (Å²) in [4.78, 5) is 31.7. The molecule has 0 saturated heterocycles. The lowest BCUT2D eigenvalue weighted by molar-refractivity contribution is 0.0766. The summed E-state index contributed by atoms with van der Waals surface area (Å²) in [5, 5.41) is 3.42. The minimum Gasteiger partial charge on any atom is -0.348 e. The van der Waals surface area contributed by atoms with Crippen LogP contribution in [0.4, 0.5) is 0 Å². The Bertz CT molecular complexity index is 1320. The molecule has 9 heteroatoms. The standard InChI is InChI=1S/C24H22ClN3O4S.C3H8/c1-2-33(31,32)20-9-5-16(6-10-20)12-27-23(29)18-11-21-22(26-13-18)15-28(24(21)30)14-17-3-7-19(25)8-4-17;1-3-2/h3-11,13H,2,12,14-15H2,1H3,(H,27,29);3H2,1-2H3. The van der Waals surface area contributed by atoms with Gasteiger partial charge in [-0.25, -0.2) is 8.42 Å². The van der Waals surface area contributed by atoms with Gasteiger partial charge in [-0.1, -0.05) is 63.1 Å². The number of amides is 2. The molecule has 1 aliphatic heterocycles. The molecule has 36 heavy (non-hydrogen) atoms. The van der Waals surface area contributed by atoms with Crippen molar-refractivity contribution in [3.8, 4) is 0 Å². The van der Waals surface area contributed by atoms with Crippen LogP contribution in [0.25, 0.3) is 0 Å². The molecule has 2 amide bonds. The predicted molar refractivity (Wildman–Crippen MR) is 141 cm³/mol. The highest BCUT2D eigenvalue weighted by molar-refractivity contribution is 7.91. The van der Waals surface area contributed by atoms with Crippen molar-refractivity contribution < 1.29 is 18.0 Å². The predicted octanol–water partition coefficient (Wildman–Crippen LogP) is 5.03. The van der Waals surface area contributed by atoms with Crippen LogP contribution in [0, 0.1) is 0 Å². The zero-order valence-corrected chi connectivity index (χ0v) is 22.2. The molecular weight excluding hydrogens is 498 g/mol. The van der Waals surface area contributed by atoms with Crippen LogP contribution in [-0.2, 0) is 29.5 Å². The van der Waals surface area contributed by atoms with Crippen molar-refractivity contribution >= 4 is 33.3 Å². The molecule has 0 spiro atoms. The number of rotatable bonds is 7. The second kappa shape index (κ2) is 12.1. The van der Waals surface area contributed by atoms with Gasteiger partial charge in [-0.05, 0) is 41.5 Å². The number of halogens is 1. The summed E-state index contributed by atoms with van der Waals surface area (Å²) < 4.78 is 23.8. The Hall–Kier alpha value is -3.23. The fourth-order valence-electron chi connectivity index (χ4n) is 3.55. The monoisotopic (exact) mass is 527 g/mol. The van der Waals surface area contributed by atoms with E-state index in [0.29, 0.717) is 34.9 Å². The summed E-state index contributed by atoms with van der Waals surface area (Å²) in [6.07, 6.45) is 2.71. The fraction of sp³-hybridized carbons (Fsp3) is 0.296. The molecule has 0 saturated carbocycles. The first kappa shape index (κ1) is 27.4. The summed E-state index contributed by atoms with van der Waals surface area (Å²) in [5.41, 5.74) is 3.07. The van der Waals surface area contributed by atoms with Gasteiger partial charge in [0, 0.05) is 24.3 Å². The van der Waals surface area contributed by atoms with Crippen LogP contribution >= 0.6 is 11.6 Å². The number of hydrogen-bond acceptors (Lipinski definition) is 5. The summed E-state index contributed by atoms with van der Waals surface area (Å²) >= 11 is 5.92. The molecule has 0 fully saturated rings. The first-order valence-electron chi connectivity index (χ1n) is 11.8. The number of benzene rings is 2. The molecular formula is C27H30ClN3O4S. The molecule has 0 radical (unpaired) electrons. The lowest BCUT2D eigenvalue weighted by Gasteiger charge is -2.15. The van der Waals surface area contributed by atoms with Crippen LogP contribution in [-0.4, -0.2) is 35.9 Å². The molecule has 1 aliphatic rings. The number of nitrogens with one attached hydrogen (secondary N) is 1. The number of pyridine rings is 1. The van der Waals surface area contributed by atoms with Gasteiger partial charge in [0.25, 0.3) is 11.8 Å². The number of sulfone groups is 1. The van der Waals surface area contributed by atoms with Gasteiger partial charge in [-0.2, -0.15) is 0 Å². The molecule has 1 N–H and O–H groups in total. The number of carbonyl (C=O) groups excluding carboxylic acids is 2. The molecule has 2 aromatic carbocycles. The largest absolute Gasteiger partial charge is 0.348 e. The van der Waals surface area contributed by atoms with Crippen molar-refractivity contribution in [3.63, 3.8) is 0 Å². The Labute approximate surface area is 217 Å². The third kappa shape index (κ3) is 6.71. The molecule has 190 valence electrons. The van der Waals surface area contributed by atoms with E-state index in [1.54, 1.807) is 42.2 Å². The Balaban J connectivity index is 0.00000115. The molecule has 0 aliphatic carbocycles. The van der Waals surface area contributed by atoms with Crippen LogP contribution < -0.4 is 5.32 Å². The summed E-state index contributed by atoms with van der Waals surface area (Å²) in [5.74, 6) is -0.501. The fourth-order valence-corrected chi connectivity index (χ4v) is 4.57. The molecule has 0 unspecified atom stereocenters. The number of hydrogen-bond donors (Lipinski definition) is 1. The van der Waals surface area contributed by atoms with Crippen LogP contribution in [0.15, 0.2) is 65.7 Å². The molecule has 7 nitrogen and oxygen atoms in total. The van der Waals surface area contributed by atoms with E-state index in [9.17, 15) is 18.0 Å². The van der Waals surface area contributed by atoms with Crippen molar-refractivity contribution in [1.29, 1.82) is 0 Å². The van der Waals surface area contributed by atoms with Crippen LogP contribution in [0.5, 0.6) is 0 Å². The van der Waals surface area contributed by atoms with Crippen molar-refractivity contribution in [2.75, 3.05) is 5.75 Å². The van der Waals surface area contributed by atoms with E-state index in [1.807, 2.05) is 12.1 Å². The first-order valence-corrected chi connectivity index (χ1v) is 13.8. The smallest absolute Gasteiger partial charge is 0.256 e. The van der Waals surface area contributed by atoms with E-state index in [1.165, 1.54) is 24.8 Å². The Morgan fingerprint density at radius 1 is 1.03 bits per heavy atom. The Morgan fingerprint density at radius 3 is 2.25 bits per heavy atom. The average molecular weight is 528 g/mol. The SMILES string of the molecule is CCC.CCS(=O)(=O)c1ccc(CNC(=O)c2cnc3c(c2)C(=O)N(Cc2ccc(Cl)cc2)C3)cc1. The van der Waals surface area contributed by atoms with Gasteiger partial charge in [0.15, 0.2) is 9.84 Å². The van der Waals surface area contributed by atoms with Crippen LogP contribution in [0.3, 0.4) is 0 Å². The summed E-state index contributed by atoms with van der Waals surface area (Å²) in [6.45, 7) is 6.87. The van der Waals surface area contributed by atoms with Gasteiger partial charge in [0.2, 0.25) is 0 Å². The van der Waals surface area contributed by atoms with Crippen molar-refractivity contribution in [2.45, 2.75) is 51.7 Å². The van der Waals surface area contributed by atoms with Crippen molar-refractivity contribution in [2.24, 2.45) is 0 Å². The normalized spacial score (nSPS) is 12.6. The zero-order chi connectivity index (χ0) is 26.3. The quantitative estimate of drug-likeness (QED) is 0.465. The topological polar surface area (TPSA) is 96.4 Å². The molecule has 0 atom stereocenters. The zero-order valence-electron chi connectivity index (χ0n) is 20.6. The maximum atomic E-state index is 12.8. The van der Waals surface area contributed by atoms with Gasteiger partial charge in [0.1, 0.15) is 0 Å². The lowest BCUT2D eigenvalue weighted by Crippen LogP contribution is -2.24. The molecule has 1 aromatic heterocycles. The highest BCUT2D eigenvalue weighted by Crippen LogP contribution is 2.24. The maximum Gasteiger partial charge on any atom is 0.256 e. The minimum atomic E-state index is -3.26. The maximum absolute atomic E-state index is 12.8. The molecule has 4 rings (SSSR count). The Morgan fingerprint density at radius 2 is 1.64 bits per heavy atom. The van der Waals surface area contributed by atoms with E-state index < -0.39 is 9.84 Å². The molecule has 0 bridgehead atoms. The second-order valence-corrected chi connectivity index (χ2v) is 11.2. The van der Waals surface area contributed by atoms with Gasteiger partial charge in [-0.3, -0.25) is 14.6 Å². The number of nitrogens with zero attached hydrogens (tertiary/aromatic N) is 2. The number of fused-ring (bicyclic) bond motifs is 1. The summed E-state index contributed by atoms with van der Waals surface area (Å²) in [7, 11) is -3.26. The second-order valence-electron chi connectivity index (χ2n) is 8.44. The first-order chi connectivity index (χ1) is 17.2. The van der Waals surface area contributed by atoms with Gasteiger partial charge in [-0.15, -0.1) is 0 Å². The highest BCUT2D eigenvalue weighted by Gasteiger charge is 2.29. The average Bonchev–Trinajstić information content (AvgIpc) is 3.19. The molecule has 2 heterocycles. The third-order valence-electron chi connectivity index (χ3n) is 5.49. The van der Waals surface area contributed by atoms with E-state index in [0.717, 1.165) is 11.1 Å². The van der Waals surface area contributed by atoms with Crippen LogP contribution in [0.2, 0.25) is 5.02 Å². The van der Waals surface area contributed by atoms with Gasteiger partial charge in [0.05, 0.1) is 34.0 Å². The lowest BCUT2D eigenvalue weighted by atomic mass is 10.1. The van der Waals surface area contributed by atoms with Crippen LogP contribution in [0.1, 0.15) is 64.7 Å². The summed E-state index contributed by atoms with van der Waals surface area (Å²) in [6, 6.07) is 15.3. The Kier molecular flexibility index (Phi) is 9.23.